The number of carbonyl (C=O) groups excluding carboxylic acids is 2. The van der Waals surface area contributed by atoms with E-state index in [2.05, 4.69) is 10.5 Å². The summed E-state index contributed by atoms with van der Waals surface area (Å²) in [6, 6.07) is 11.6. The Morgan fingerprint density at radius 1 is 1.13 bits per heavy atom. The van der Waals surface area contributed by atoms with E-state index in [1.54, 1.807) is 31.2 Å². The number of oxime groups is 1. The molecule has 0 aromatic heterocycles. The minimum Gasteiger partial charge on any atom is -0.493 e. The number of nitrogens with zero attached hydrogens (tertiary/aromatic N) is 1. The summed E-state index contributed by atoms with van der Waals surface area (Å²) < 4.78 is 43.3. The van der Waals surface area contributed by atoms with E-state index in [0.29, 0.717) is 23.3 Å². The molecule has 1 atom stereocenters. The molecule has 1 N–H and O–H groups in total. The van der Waals surface area contributed by atoms with Crippen LogP contribution in [0, 0.1) is 5.92 Å². The summed E-state index contributed by atoms with van der Waals surface area (Å²) in [5.41, 5.74) is 1.18. The zero-order valence-corrected chi connectivity index (χ0v) is 17.1. The first-order valence-corrected chi connectivity index (χ1v) is 9.45. The molecule has 2 aromatic carbocycles. The number of ether oxygens (including phenoxy) is 1. The first kappa shape index (κ1) is 23.9. The predicted octanol–water partition coefficient (Wildman–Crippen LogP) is 3.98. The molecule has 2 aromatic rings. The lowest BCUT2D eigenvalue weighted by atomic mass is 10.1. The minimum atomic E-state index is -4.37. The molecule has 1 amide bonds. The van der Waals surface area contributed by atoms with Crippen LogP contribution in [0.2, 0.25) is 0 Å². The monoisotopic (exact) mass is 436 g/mol. The van der Waals surface area contributed by atoms with Crippen molar-refractivity contribution in [3.63, 3.8) is 0 Å². The highest BCUT2D eigenvalue weighted by Crippen LogP contribution is 2.29. The Morgan fingerprint density at radius 3 is 2.32 bits per heavy atom. The Bertz CT molecular complexity index is 894. The number of hydrogen-bond acceptors (Lipinski definition) is 5. The molecule has 166 valence electrons. The second-order valence-electron chi connectivity index (χ2n) is 6.69. The predicted molar refractivity (Wildman–Crippen MR) is 109 cm³/mol. The lowest BCUT2D eigenvalue weighted by Crippen LogP contribution is -2.31. The van der Waals surface area contributed by atoms with E-state index in [4.69, 9.17) is 9.57 Å². The molecule has 0 spiro atoms. The zero-order valence-electron chi connectivity index (χ0n) is 17.1. The van der Waals surface area contributed by atoms with E-state index in [9.17, 15) is 22.8 Å². The summed E-state index contributed by atoms with van der Waals surface area (Å²) in [6.07, 6.45) is -3.63. The molecule has 0 heterocycles. The van der Waals surface area contributed by atoms with Gasteiger partial charge in [0.05, 0.1) is 17.2 Å². The molecule has 0 aliphatic carbocycles. The quantitative estimate of drug-likeness (QED) is 0.347. The molecule has 0 saturated carbocycles. The second kappa shape index (κ2) is 11.1. The smallest absolute Gasteiger partial charge is 0.416 e. The summed E-state index contributed by atoms with van der Waals surface area (Å²) >= 11 is 0. The molecule has 0 aliphatic rings. The number of carbonyl (C=O) groups is 2. The van der Waals surface area contributed by atoms with Crippen LogP contribution < -0.4 is 10.1 Å². The summed E-state index contributed by atoms with van der Waals surface area (Å²) in [7, 11) is 1.50. The van der Waals surface area contributed by atoms with Crippen LogP contribution in [-0.4, -0.2) is 31.6 Å². The highest BCUT2D eigenvalue weighted by Gasteiger charge is 2.29. The van der Waals surface area contributed by atoms with Gasteiger partial charge in [-0.05, 0) is 54.4 Å². The Labute approximate surface area is 178 Å². The van der Waals surface area contributed by atoms with Crippen LogP contribution in [0.4, 0.5) is 13.2 Å². The number of amides is 1. The van der Waals surface area contributed by atoms with E-state index in [1.165, 1.54) is 19.2 Å². The average molecular weight is 436 g/mol. The number of alkyl halides is 3. The van der Waals surface area contributed by atoms with Crippen LogP contribution in [-0.2, 0) is 27.2 Å². The number of hydrogen-bond donors (Lipinski definition) is 1. The summed E-state index contributed by atoms with van der Waals surface area (Å²) in [4.78, 5) is 27.6. The van der Waals surface area contributed by atoms with Gasteiger partial charge in [0, 0.05) is 13.5 Å². The molecule has 1 unspecified atom stereocenters. The van der Waals surface area contributed by atoms with Gasteiger partial charge < -0.3 is 19.7 Å². The molecule has 0 aliphatic heterocycles. The number of benzene rings is 2. The van der Waals surface area contributed by atoms with Gasteiger partial charge in [0.25, 0.3) is 0 Å². The maximum Gasteiger partial charge on any atom is 0.416 e. The molecule has 0 bridgehead atoms. The van der Waals surface area contributed by atoms with Crippen molar-refractivity contribution < 1.29 is 32.3 Å². The fourth-order valence-corrected chi connectivity index (χ4v) is 2.61. The third-order valence-electron chi connectivity index (χ3n) is 4.44. The lowest BCUT2D eigenvalue weighted by Gasteiger charge is -2.14. The van der Waals surface area contributed by atoms with Crippen molar-refractivity contribution in [2.45, 2.75) is 26.1 Å². The zero-order chi connectivity index (χ0) is 22.9. The number of aldehydes is 1. The largest absolute Gasteiger partial charge is 0.493 e. The van der Waals surface area contributed by atoms with Crippen molar-refractivity contribution in [2.75, 3.05) is 13.7 Å². The van der Waals surface area contributed by atoms with Gasteiger partial charge in [-0.25, -0.2) is 0 Å². The Balaban J connectivity index is 1.89. The molecule has 0 radical (unpaired) electrons. The van der Waals surface area contributed by atoms with Gasteiger partial charge in [-0.3, -0.25) is 4.79 Å². The Morgan fingerprint density at radius 2 is 1.77 bits per heavy atom. The molecule has 6 nitrogen and oxygen atoms in total. The van der Waals surface area contributed by atoms with Crippen LogP contribution in [0.15, 0.2) is 53.7 Å². The van der Waals surface area contributed by atoms with E-state index in [0.717, 1.165) is 17.7 Å². The van der Waals surface area contributed by atoms with E-state index >= 15 is 0 Å². The van der Waals surface area contributed by atoms with Crippen molar-refractivity contribution in [1.29, 1.82) is 0 Å². The van der Waals surface area contributed by atoms with Gasteiger partial charge in [-0.1, -0.05) is 17.3 Å². The van der Waals surface area contributed by atoms with E-state index in [-0.39, 0.29) is 25.5 Å². The van der Waals surface area contributed by atoms with E-state index < -0.39 is 17.7 Å². The standard InChI is InChI=1S/C22H23F3N2O4/c1-15(27-31-13-16-3-7-19(8-4-16)22(23,24)25)17-5-9-20(10-6-17)30-14-18(11-12-28)21(29)26-2/h3-10,12,18H,11,13-14H2,1-2H3,(H,26,29)/b27-15+. The maximum absolute atomic E-state index is 12.6. The van der Waals surface area contributed by atoms with Gasteiger partial charge in [0.1, 0.15) is 25.2 Å². The molecular formula is C22H23F3N2O4. The van der Waals surface area contributed by atoms with Crippen LogP contribution in [0.1, 0.15) is 30.0 Å². The molecule has 31 heavy (non-hydrogen) atoms. The normalized spacial score (nSPS) is 12.7. The van der Waals surface area contributed by atoms with Gasteiger partial charge >= 0.3 is 6.18 Å². The fraction of sp³-hybridized carbons (Fsp3) is 0.318. The average Bonchev–Trinajstić information content (AvgIpc) is 2.76. The van der Waals surface area contributed by atoms with Crippen molar-refractivity contribution in [1.82, 2.24) is 5.32 Å². The third-order valence-corrected chi connectivity index (χ3v) is 4.44. The maximum atomic E-state index is 12.6. The Hall–Kier alpha value is -3.36. The highest BCUT2D eigenvalue weighted by atomic mass is 19.4. The van der Waals surface area contributed by atoms with Crippen molar-refractivity contribution >= 4 is 17.9 Å². The first-order chi connectivity index (χ1) is 14.7. The molecule has 2 rings (SSSR count). The van der Waals surface area contributed by atoms with Gasteiger partial charge in [0.2, 0.25) is 5.91 Å². The van der Waals surface area contributed by atoms with Crippen LogP contribution >= 0.6 is 0 Å². The molecule has 0 fully saturated rings. The lowest BCUT2D eigenvalue weighted by molar-refractivity contribution is -0.137. The molecular weight excluding hydrogens is 413 g/mol. The number of rotatable bonds is 10. The third kappa shape index (κ3) is 7.44. The Kier molecular flexibility index (Phi) is 8.60. The SMILES string of the molecule is CNC(=O)C(CC=O)COc1ccc(/C(C)=N/OCc2ccc(C(F)(F)F)cc2)cc1. The fourth-order valence-electron chi connectivity index (χ4n) is 2.61. The van der Waals surface area contributed by atoms with Crippen LogP contribution in [0.3, 0.4) is 0 Å². The minimum absolute atomic E-state index is 0.0360. The van der Waals surface area contributed by atoms with Crippen molar-refractivity contribution in [2.24, 2.45) is 11.1 Å². The van der Waals surface area contributed by atoms with Gasteiger partial charge in [-0.2, -0.15) is 13.2 Å². The molecule has 9 heteroatoms. The number of nitrogens with one attached hydrogen (secondary N) is 1. The number of halogens is 3. The van der Waals surface area contributed by atoms with Crippen LogP contribution in [0.25, 0.3) is 0 Å². The van der Waals surface area contributed by atoms with Crippen molar-refractivity contribution in [3.05, 3.63) is 65.2 Å². The van der Waals surface area contributed by atoms with Gasteiger partial charge in [-0.15, -0.1) is 0 Å². The van der Waals surface area contributed by atoms with E-state index in [1.807, 2.05) is 0 Å². The first-order valence-electron chi connectivity index (χ1n) is 9.45. The van der Waals surface area contributed by atoms with Gasteiger partial charge in [0.15, 0.2) is 0 Å². The topological polar surface area (TPSA) is 77.0 Å². The summed E-state index contributed by atoms with van der Waals surface area (Å²) in [5, 5.41) is 6.48. The summed E-state index contributed by atoms with van der Waals surface area (Å²) in [5.74, 6) is -0.303. The summed E-state index contributed by atoms with van der Waals surface area (Å²) in [6.45, 7) is 1.84. The highest BCUT2D eigenvalue weighted by molar-refractivity contribution is 5.98. The van der Waals surface area contributed by atoms with Crippen LogP contribution in [0.5, 0.6) is 5.75 Å². The second-order valence-corrected chi connectivity index (χ2v) is 6.69. The van der Waals surface area contributed by atoms with Crippen molar-refractivity contribution in [3.8, 4) is 5.75 Å². The molecule has 0 saturated heterocycles.